The first-order valence-electron chi connectivity index (χ1n) is 6.10. The van der Waals surface area contributed by atoms with Crippen molar-refractivity contribution < 1.29 is 9.53 Å². The number of aromatic nitrogens is 3. The van der Waals surface area contributed by atoms with Gasteiger partial charge in [-0.1, -0.05) is 0 Å². The summed E-state index contributed by atoms with van der Waals surface area (Å²) in [5, 5.41) is 5.88. The molecule has 0 aliphatic carbocycles. The fourth-order valence-electron chi connectivity index (χ4n) is 1.55. The number of nitrogens with zero attached hydrogens (tertiary/aromatic N) is 2. The minimum Gasteiger partial charge on any atom is -0.466 e. The monoisotopic (exact) mass is 280 g/mol. The van der Waals surface area contributed by atoms with Crippen LogP contribution in [-0.4, -0.2) is 34.1 Å². The Balaban J connectivity index is 1.75. The maximum Gasteiger partial charge on any atom is 0.311 e. The van der Waals surface area contributed by atoms with Gasteiger partial charge >= 0.3 is 5.97 Å². The average molecular weight is 280 g/mol. The summed E-state index contributed by atoms with van der Waals surface area (Å²) < 4.78 is 4.88. The van der Waals surface area contributed by atoms with Crippen molar-refractivity contribution in [2.24, 2.45) is 0 Å². The van der Waals surface area contributed by atoms with E-state index in [2.05, 4.69) is 20.3 Å². The molecule has 2 N–H and O–H groups in total. The van der Waals surface area contributed by atoms with Crippen LogP contribution in [0.25, 0.3) is 0 Å². The summed E-state index contributed by atoms with van der Waals surface area (Å²) in [4.78, 5) is 22.8. The van der Waals surface area contributed by atoms with E-state index in [1.807, 2.05) is 5.38 Å². The number of esters is 1. The lowest BCUT2D eigenvalue weighted by molar-refractivity contribution is -0.142. The predicted octanol–water partition coefficient (Wildman–Crippen LogP) is 1.63. The first kappa shape index (κ1) is 13.5. The number of carbonyl (C=O) groups is 1. The van der Waals surface area contributed by atoms with E-state index in [1.54, 1.807) is 19.3 Å². The maximum atomic E-state index is 11.3. The van der Waals surface area contributed by atoms with Crippen LogP contribution in [0.1, 0.15) is 18.4 Å². The van der Waals surface area contributed by atoms with Gasteiger partial charge < -0.3 is 15.0 Å². The van der Waals surface area contributed by atoms with Crippen LogP contribution in [0.5, 0.6) is 0 Å². The van der Waals surface area contributed by atoms with E-state index in [0.29, 0.717) is 6.61 Å². The van der Waals surface area contributed by atoms with E-state index in [-0.39, 0.29) is 12.4 Å². The lowest BCUT2D eigenvalue weighted by atomic mass is 10.3. The Labute approximate surface area is 115 Å². The van der Waals surface area contributed by atoms with Crippen LogP contribution < -0.4 is 5.32 Å². The van der Waals surface area contributed by atoms with Gasteiger partial charge in [-0.3, -0.25) is 4.79 Å². The highest BCUT2D eigenvalue weighted by molar-refractivity contribution is 7.13. The summed E-state index contributed by atoms with van der Waals surface area (Å²) in [6.07, 6.45) is 4.57. The Morgan fingerprint density at radius 2 is 2.47 bits per heavy atom. The molecule has 7 heteroatoms. The number of thiazole rings is 1. The van der Waals surface area contributed by atoms with Gasteiger partial charge in [0.25, 0.3) is 0 Å². The summed E-state index contributed by atoms with van der Waals surface area (Å²) in [5.41, 5.74) is 0.740. The molecule has 2 rings (SSSR count). The quantitative estimate of drug-likeness (QED) is 0.753. The third-order valence-corrected chi connectivity index (χ3v) is 3.22. The molecule has 0 aliphatic heterocycles. The topological polar surface area (TPSA) is 79.9 Å². The molecule has 0 saturated carbocycles. The van der Waals surface area contributed by atoms with Gasteiger partial charge in [-0.2, -0.15) is 0 Å². The van der Waals surface area contributed by atoms with Crippen molar-refractivity contribution in [1.82, 2.24) is 15.0 Å². The van der Waals surface area contributed by atoms with E-state index in [4.69, 9.17) is 4.74 Å². The zero-order valence-electron chi connectivity index (χ0n) is 10.7. The minimum absolute atomic E-state index is 0.226. The van der Waals surface area contributed by atoms with E-state index in [9.17, 15) is 4.79 Å². The molecule has 0 aromatic carbocycles. The van der Waals surface area contributed by atoms with Crippen molar-refractivity contribution in [1.29, 1.82) is 0 Å². The number of rotatable bonds is 7. The van der Waals surface area contributed by atoms with Gasteiger partial charge in [0.05, 0.1) is 18.7 Å². The molecule has 102 valence electrons. The molecule has 2 heterocycles. The van der Waals surface area contributed by atoms with E-state index < -0.39 is 0 Å². The standard InChI is InChI=1S/C12H16N4O2S/c1-2-18-11(17)7-9-8-19-12(16-9)15-4-3-10-13-5-6-14-10/h5-6,8H,2-4,7H2,1H3,(H,13,14)(H,15,16). The SMILES string of the molecule is CCOC(=O)Cc1csc(NCCc2ncc[nH]2)n1. The first-order valence-corrected chi connectivity index (χ1v) is 6.98. The zero-order chi connectivity index (χ0) is 13.5. The van der Waals surface area contributed by atoms with Crippen LogP contribution in [0.4, 0.5) is 5.13 Å². The Morgan fingerprint density at radius 3 is 3.21 bits per heavy atom. The van der Waals surface area contributed by atoms with Crippen molar-refractivity contribution in [3.8, 4) is 0 Å². The van der Waals surface area contributed by atoms with E-state index in [0.717, 1.165) is 29.6 Å². The molecule has 0 bridgehead atoms. The van der Waals surface area contributed by atoms with Crippen LogP contribution in [0, 0.1) is 0 Å². The highest BCUT2D eigenvalue weighted by Gasteiger charge is 2.08. The molecule has 0 aliphatic rings. The third-order valence-electron chi connectivity index (χ3n) is 2.38. The Morgan fingerprint density at radius 1 is 1.58 bits per heavy atom. The summed E-state index contributed by atoms with van der Waals surface area (Å²) in [6.45, 7) is 2.94. The smallest absolute Gasteiger partial charge is 0.311 e. The molecule has 6 nitrogen and oxygen atoms in total. The molecular weight excluding hydrogens is 264 g/mol. The average Bonchev–Trinajstić information content (AvgIpc) is 3.01. The second-order valence-electron chi connectivity index (χ2n) is 3.84. The number of imidazole rings is 1. The Hall–Kier alpha value is -1.89. The van der Waals surface area contributed by atoms with Crippen LogP contribution >= 0.6 is 11.3 Å². The zero-order valence-corrected chi connectivity index (χ0v) is 11.5. The maximum absolute atomic E-state index is 11.3. The number of anilines is 1. The predicted molar refractivity (Wildman–Crippen MR) is 73.2 cm³/mol. The molecule has 0 atom stereocenters. The molecule has 0 saturated heterocycles. The van der Waals surface area contributed by atoms with Crippen molar-refractivity contribution >= 4 is 22.4 Å². The van der Waals surface area contributed by atoms with Gasteiger partial charge in [0.2, 0.25) is 0 Å². The number of ether oxygens (including phenoxy) is 1. The van der Waals surface area contributed by atoms with Crippen molar-refractivity contribution in [2.45, 2.75) is 19.8 Å². The summed E-state index contributed by atoms with van der Waals surface area (Å²) in [5.74, 6) is 0.700. The van der Waals surface area contributed by atoms with Crippen molar-refractivity contribution in [3.05, 3.63) is 29.3 Å². The molecule has 0 fully saturated rings. The Kier molecular flexibility index (Phi) is 4.91. The van der Waals surface area contributed by atoms with Gasteiger partial charge in [0.1, 0.15) is 5.82 Å². The fraction of sp³-hybridized carbons (Fsp3) is 0.417. The van der Waals surface area contributed by atoms with E-state index in [1.165, 1.54) is 11.3 Å². The van der Waals surface area contributed by atoms with Crippen molar-refractivity contribution in [3.63, 3.8) is 0 Å². The lowest BCUT2D eigenvalue weighted by Gasteiger charge is -2.00. The van der Waals surface area contributed by atoms with E-state index >= 15 is 0 Å². The van der Waals surface area contributed by atoms with Gasteiger partial charge in [-0.05, 0) is 6.92 Å². The van der Waals surface area contributed by atoms with Crippen LogP contribution in [0.2, 0.25) is 0 Å². The summed E-state index contributed by atoms with van der Waals surface area (Å²) >= 11 is 1.49. The lowest BCUT2D eigenvalue weighted by Crippen LogP contribution is -2.08. The first-order chi connectivity index (χ1) is 9.28. The highest BCUT2D eigenvalue weighted by atomic mass is 32.1. The normalized spacial score (nSPS) is 10.4. The molecule has 0 unspecified atom stereocenters. The minimum atomic E-state index is -0.241. The fourth-order valence-corrected chi connectivity index (χ4v) is 2.29. The van der Waals surface area contributed by atoms with Gasteiger partial charge in [-0.15, -0.1) is 11.3 Å². The van der Waals surface area contributed by atoms with Crippen LogP contribution in [0.15, 0.2) is 17.8 Å². The summed E-state index contributed by atoms with van der Waals surface area (Å²) in [7, 11) is 0. The number of H-pyrrole nitrogens is 1. The number of hydrogen-bond donors (Lipinski definition) is 2. The Bertz CT molecular complexity index is 510. The molecule has 19 heavy (non-hydrogen) atoms. The number of aromatic amines is 1. The molecule has 2 aromatic heterocycles. The van der Waals surface area contributed by atoms with Gasteiger partial charge in [0, 0.05) is 30.7 Å². The molecular formula is C12H16N4O2S. The van der Waals surface area contributed by atoms with Crippen molar-refractivity contribution in [2.75, 3.05) is 18.5 Å². The molecule has 0 spiro atoms. The second kappa shape index (κ2) is 6.89. The largest absolute Gasteiger partial charge is 0.466 e. The summed E-state index contributed by atoms with van der Waals surface area (Å²) in [6, 6.07) is 0. The van der Waals surface area contributed by atoms with Gasteiger partial charge in [-0.25, -0.2) is 9.97 Å². The third kappa shape index (κ3) is 4.36. The number of hydrogen-bond acceptors (Lipinski definition) is 6. The van der Waals surface area contributed by atoms with Crippen LogP contribution in [0.3, 0.4) is 0 Å². The molecule has 0 amide bonds. The second-order valence-corrected chi connectivity index (χ2v) is 4.70. The molecule has 0 radical (unpaired) electrons. The highest BCUT2D eigenvalue weighted by Crippen LogP contribution is 2.15. The number of carbonyl (C=O) groups excluding carboxylic acids is 1. The van der Waals surface area contributed by atoms with Crippen LogP contribution in [-0.2, 0) is 22.4 Å². The number of nitrogens with one attached hydrogen (secondary N) is 2. The van der Waals surface area contributed by atoms with Gasteiger partial charge in [0.15, 0.2) is 5.13 Å². The molecule has 2 aromatic rings.